The highest BCUT2D eigenvalue weighted by atomic mass is 15.4. The van der Waals surface area contributed by atoms with E-state index >= 15 is 0 Å². The number of nitrogens with zero attached hydrogens (tertiary/aromatic N) is 4. The second-order valence-corrected chi connectivity index (χ2v) is 2.97. The molecular formula is C9H11N5. The summed E-state index contributed by atoms with van der Waals surface area (Å²) in [4.78, 5) is 3.94. The standard InChI is InChI=1S/C9H11N5/c10-5-9-7-14(13-12-9)6-8-1-3-11-4-2-8/h1-4,7H,5-6,10H2. The Morgan fingerprint density at radius 3 is 2.71 bits per heavy atom. The van der Waals surface area contributed by atoms with Crippen LogP contribution in [0.25, 0.3) is 0 Å². The molecule has 14 heavy (non-hydrogen) atoms. The predicted molar refractivity (Wildman–Crippen MR) is 51.3 cm³/mol. The van der Waals surface area contributed by atoms with E-state index in [1.54, 1.807) is 17.1 Å². The van der Waals surface area contributed by atoms with Crippen LogP contribution in [0.4, 0.5) is 0 Å². The molecule has 0 fully saturated rings. The molecule has 2 aromatic heterocycles. The molecule has 0 saturated carbocycles. The molecule has 2 rings (SSSR count). The van der Waals surface area contributed by atoms with Crippen LogP contribution in [0.3, 0.4) is 0 Å². The van der Waals surface area contributed by atoms with Gasteiger partial charge in [0.2, 0.25) is 0 Å². The van der Waals surface area contributed by atoms with E-state index in [1.165, 1.54) is 0 Å². The zero-order valence-corrected chi connectivity index (χ0v) is 7.67. The van der Waals surface area contributed by atoms with E-state index in [1.807, 2.05) is 18.3 Å². The summed E-state index contributed by atoms with van der Waals surface area (Å²) in [7, 11) is 0. The fourth-order valence-corrected chi connectivity index (χ4v) is 1.18. The van der Waals surface area contributed by atoms with Crippen molar-refractivity contribution >= 4 is 0 Å². The Balaban J connectivity index is 2.11. The fraction of sp³-hybridized carbons (Fsp3) is 0.222. The minimum atomic E-state index is 0.427. The SMILES string of the molecule is NCc1cn(Cc2ccncc2)nn1. The van der Waals surface area contributed by atoms with Gasteiger partial charge < -0.3 is 5.73 Å². The molecule has 2 heterocycles. The van der Waals surface area contributed by atoms with Gasteiger partial charge in [0, 0.05) is 18.9 Å². The average molecular weight is 189 g/mol. The maximum atomic E-state index is 5.43. The van der Waals surface area contributed by atoms with Crippen LogP contribution in [-0.4, -0.2) is 20.0 Å². The van der Waals surface area contributed by atoms with Crippen LogP contribution in [0.1, 0.15) is 11.3 Å². The van der Waals surface area contributed by atoms with Crippen LogP contribution in [0.15, 0.2) is 30.7 Å². The van der Waals surface area contributed by atoms with Gasteiger partial charge in [0.25, 0.3) is 0 Å². The van der Waals surface area contributed by atoms with Gasteiger partial charge in [0.1, 0.15) is 0 Å². The van der Waals surface area contributed by atoms with Crippen LogP contribution in [0, 0.1) is 0 Å². The molecule has 5 heteroatoms. The summed E-state index contributed by atoms with van der Waals surface area (Å²) in [5, 5.41) is 7.85. The van der Waals surface area contributed by atoms with Crippen LogP contribution < -0.4 is 5.73 Å². The molecule has 0 bridgehead atoms. The zero-order chi connectivity index (χ0) is 9.80. The van der Waals surface area contributed by atoms with Gasteiger partial charge in [-0.3, -0.25) is 4.98 Å². The Hall–Kier alpha value is -1.75. The van der Waals surface area contributed by atoms with Gasteiger partial charge in [-0.15, -0.1) is 5.10 Å². The lowest BCUT2D eigenvalue weighted by atomic mass is 10.3. The van der Waals surface area contributed by atoms with E-state index in [0.29, 0.717) is 13.1 Å². The highest BCUT2D eigenvalue weighted by Crippen LogP contribution is 2.00. The third-order valence-electron chi connectivity index (χ3n) is 1.89. The molecule has 2 N–H and O–H groups in total. The number of nitrogens with two attached hydrogens (primary N) is 1. The van der Waals surface area contributed by atoms with Crippen molar-refractivity contribution in [3.8, 4) is 0 Å². The number of aromatic nitrogens is 4. The molecule has 0 aliphatic carbocycles. The molecule has 5 nitrogen and oxygen atoms in total. The maximum absolute atomic E-state index is 5.43. The molecule has 2 aromatic rings. The van der Waals surface area contributed by atoms with Crippen LogP contribution in [-0.2, 0) is 13.1 Å². The van der Waals surface area contributed by atoms with Crippen LogP contribution in [0.2, 0.25) is 0 Å². The van der Waals surface area contributed by atoms with Crippen molar-refractivity contribution in [1.29, 1.82) is 0 Å². The van der Waals surface area contributed by atoms with Crippen molar-refractivity contribution in [2.24, 2.45) is 5.73 Å². The Morgan fingerprint density at radius 2 is 2.07 bits per heavy atom. The Bertz CT molecular complexity index is 395. The van der Waals surface area contributed by atoms with Crippen molar-refractivity contribution in [2.45, 2.75) is 13.1 Å². The van der Waals surface area contributed by atoms with Crippen molar-refractivity contribution in [3.63, 3.8) is 0 Å². The maximum Gasteiger partial charge on any atom is 0.0962 e. The topological polar surface area (TPSA) is 69.6 Å². The van der Waals surface area contributed by atoms with Gasteiger partial charge in [-0.25, -0.2) is 4.68 Å². The quantitative estimate of drug-likeness (QED) is 0.747. The first-order chi connectivity index (χ1) is 6.88. The number of rotatable bonds is 3. The first kappa shape index (κ1) is 8.83. The van der Waals surface area contributed by atoms with Gasteiger partial charge in [0.15, 0.2) is 0 Å². The van der Waals surface area contributed by atoms with Crippen LogP contribution >= 0.6 is 0 Å². The molecule has 0 unspecified atom stereocenters. The highest BCUT2D eigenvalue weighted by molar-refractivity contribution is 5.10. The van der Waals surface area contributed by atoms with Crippen LogP contribution in [0.5, 0.6) is 0 Å². The van der Waals surface area contributed by atoms with Gasteiger partial charge >= 0.3 is 0 Å². The van der Waals surface area contributed by atoms with Gasteiger partial charge in [-0.05, 0) is 17.7 Å². The molecule has 0 radical (unpaired) electrons. The highest BCUT2D eigenvalue weighted by Gasteiger charge is 1.98. The second-order valence-electron chi connectivity index (χ2n) is 2.97. The molecule has 0 saturated heterocycles. The van der Waals surface area contributed by atoms with Crippen molar-refractivity contribution in [1.82, 2.24) is 20.0 Å². The molecular weight excluding hydrogens is 178 g/mol. The minimum absolute atomic E-state index is 0.427. The summed E-state index contributed by atoms with van der Waals surface area (Å²) in [6.07, 6.45) is 5.37. The summed E-state index contributed by atoms with van der Waals surface area (Å²) in [5.41, 5.74) is 7.38. The monoisotopic (exact) mass is 189 g/mol. The predicted octanol–water partition coefficient (Wildman–Crippen LogP) is 0.180. The van der Waals surface area contributed by atoms with Crippen molar-refractivity contribution < 1.29 is 0 Å². The fourth-order valence-electron chi connectivity index (χ4n) is 1.18. The minimum Gasteiger partial charge on any atom is -0.325 e. The van der Waals surface area contributed by atoms with Gasteiger partial charge in [0.05, 0.1) is 18.4 Å². The summed E-state index contributed by atoms with van der Waals surface area (Å²) in [5.74, 6) is 0. The normalized spacial score (nSPS) is 10.4. The average Bonchev–Trinajstić information content (AvgIpc) is 2.67. The smallest absolute Gasteiger partial charge is 0.0962 e. The van der Waals surface area contributed by atoms with E-state index < -0.39 is 0 Å². The lowest BCUT2D eigenvalue weighted by molar-refractivity contribution is 0.648. The zero-order valence-electron chi connectivity index (χ0n) is 7.67. The third kappa shape index (κ3) is 1.94. The second kappa shape index (κ2) is 3.97. The number of pyridine rings is 1. The molecule has 0 aromatic carbocycles. The molecule has 0 aliphatic rings. The van der Waals surface area contributed by atoms with E-state index in [-0.39, 0.29) is 0 Å². The van der Waals surface area contributed by atoms with Gasteiger partial charge in [-0.2, -0.15) is 0 Å². The van der Waals surface area contributed by atoms with E-state index in [9.17, 15) is 0 Å². The van der Waals surface area contributed by atoms with Crippen molar-refractivity contribution in [3.05, 3.63) is 42.0 Å². The molecule has 0 amide bonds. The first-order valence-electron chi connectivity index (χ1n) is 4.36. The molecule has 0 aliphatic heterocycles. The molecule has 0 spiro atoms. The Labute approximate surface area is 81.6 Å². The Morgan fingerprint density at radius 1 is 1.29 bits per heavy atom. The Kier molecular flexibility index (Phi) is 2.51. The lowest BCUT2D eigenvalue weighted by Gasteiger charge is -1.98. The number of hydrogen-bond donors (Lipinski definition) is 1. The summed E-state index contributed by atoms with van der Waals surface area (Å²) in [6, 6.07) is 3.90. The molecule has 72 valence electrons. The summed E-state index contributed by atoms with van der Waals surface area (Å²) < 4.78 is 1.76. The summed E-state index contributed by atoms with van der Waals surface area (Å²) in [6.45, 7) is 1.13. The third-order valence-corrected chi connectivity index (χ3v) is 1.89. The first-order valence-corrected chi connectivity index (χ1v) is 4.36. The summed E-state index contributed by atoms with van der Waals surface area (Å²) >= 11 is 0. The van der Waals surface area contributed by atoms with Gasteiger partial charge in [-0.1, -0.05) is 5.21 Å². The molecule has 0 atom stereocenters. The van der Waals surface area contributed by atoms with E-state index in [4.69, 9.17) is 5.73 Å². The lowest BCUT2D eigenvalue weighted by Crippen LogP contribution is -2.00. The van der Waals surface area contributed by atoms with E-state index in [0.717, 1.165) is 11.3 Å². The van der Waals surface area contributed by atoms with Crippen molar-refractivity contribution in [2.75, 3.05) is 0 Å². The van der Waals surface area contributed by atoms with E-state index in [2.05, 4.69) is 15.3 Å². The largest absolute Gasteiger partial charge is 0.325 e. The number of hydrogen-bond acceptors (Lipinski definition) is 4.